The van der Waals surface area contributed by atoms with Gasteiger partial charge in [-0.3, -0.25) is 9.59 Å². The van der Waals surface area contributed by atoms with Crippen molar-refractivity contribution in [2.24, 2.45) is 5.92 Å². The molecule has 1 saturated carbocycles. The summed E-state index contributed by atoms with van der Waals surface area (Å²) < 4.78 is 0. The number of urea groups is 1. The molecule has 0 aromatic rings. The van der Waals surface area contributed by atoms with Gasteiger partial charge in [0.2, 0.25) is 5.91 Å². The van der Waals surface area contributed by atoms with Crippen molar-refractivity contribution in [1.82, 2.24) is 15.5 Å². The summed E-state index contributed by atoms with van der Waals surface area (Å²) in [6.07, 6.45) is 2.55. The molecule has 0 aromatic heterocycles. The van der Waals surface area contributed by atoms with E-state index in [1.54, 1.807) is 7.05 Å². The largest absolute Gasteiger partial charge is 0.481 e. The topological polar surface area (TPSA) is 98.7 Å². The Kier molecular flexibility index (Phi) is 6.27. The van der Waals surface area contributed by atoms with E-state index in [1.807, 2.05) is 6.92 Å². The molecule has 0 saturated heterocycles. The molecule has 0 aliphatic heterocycles. The third kappa shape index (κ3) is 5.07. The van der Waals surface area contributed by atoms with Crippen LogP contribution in [0.1, 0.15) is 32.6 Å². The summed E-state index contributed by atoms with van der Waals surface area (Å²) in [5.41, 5.74) is 0. The van der Waals surface area contributed by atoms with Gasteiger partial charge < -0.3 is 20.6 Å². The summed E-state index contributed by atoms with van der Waals surface area (Å²) in [4.78, 5) is 35.5. The lowest BCUT2D eigenvalue weighted by Crippen LogP contribution is -2.46. The first-order valence-electron chi connectivity index (χ1n) is 6.95. The molecule has 0 heterocycles. The maximum Gasteiger partial charge on any atom is 0.317 e. The van der Waals surface area contributed by atoms with Crippen LogP contribution < -0.4 is 10.6 Å². The van der Waals surface area contributed by atoms with E-state index < -0.39 is 5.97 Å². The van der Waals surface area contributed by atoms with Crippen LogP contribution in [0, 0.1) is 5.92 Å². The Morgan fingerprint density at radius 2 is 2.00 bits per heavy atom. The Labute approximate surface area is 118 Å². The number of amides is 3. The third-order valence-corrected chi connectivity index (χ3v) is 3.41. The van der Waals surface area contributed by atoms with E-state index in [0.29, 0.717) is 25.8 Å². The Balaban J connectivity index is 2.32. The van der Waals surface area contributed by atoms with E-state index in [0.717, 1.165) is 6.42 Å². The number of carboxylic acids is 1. The van der Waals surface area contributed by atoms with Crippen LogP contribution in [0.5, 0.6) is 0 Å². The summed E-state index contributed by atoms with van der Waals surface area (Å²) in [7, 11) is 1.55. The first-order valence-corrected chi connectivity index (χ1v) is 6.95. The first kappa shape index (κ1) is 16.3. The van der Waals surface area contributed by atoms with E-state index in [2.05, 4.69) is 10.6 Å². The first-order chi connectivity index (χ1) is 9.43. The average molecular weight is 285 g/mol. The highest BCUT2D eigenvalue weighted by atomic mass is 16.4. The van der Waals surface area contributed by atoms with E-state index in [1.165, 1.54) is 4.90 Å². The minimum atomic E-state index is -0.811. The van der Waals surface area contributed by atoms with Gasteiger partial charge in [-0.25, -0.2) is 4.79 Å². The van der Waals surface area contributed by atoms with Crippen molar-refractivity contribution in [3.8, 4) is 0 Å². The van der Waals surface area contributed by atoms with Gasteiger partial charge in [-0.05, 0) is 25.7 Å². The number of hydrogen-bond acceptors (Lipinski definition) is 3. The predicted molar refractivity (Wildman–Crippen MR) is 73.2 cm³/mol. The number of carbonyl (C=O) groups is 3. The lowest BCUT2D eigenvalue weighted by Gasteiger charge is -2.20. The number of rotatable bonds is 6. The van der Waals surface area contributed by atoms with Crippen LogP contribution in [-0.4, -0.2) is 54.1 Å². The van der Waals surface area contributed by atoms with Crippen LogP contribution in [0.2, 0.25) is 0 Å². The number of nitrogens with one attached hydrogen (secondary N) is 2. The smallest absolute Gasteiger partial charge is 0.317 e. The van der Waals surface area contributed by atoms with Crippen molar-refractivity contribution in [2.45, 2.75) is 38.6 Å². The SMILES string of the molecule is CCCNC(=O)CN(C)C(=O)N[C@H]1CC[C@@H](C(=O)O)C1. The number of carbonyl (C=O) groups excluding carboxylic acids is 2. The van der Waals surface area contributed by atoms with Crippen LogP contribution in [0.4, 0.5) is 4.79 Å². The maximum atomic E-state index is 11.9. The Morgan fingerprint density at radius 1 is 1.30 bits per heavy atom. The van der Waals surface area contributed by atoms with Gasteiger partial charge in [0.15, 0.2) is 0 Å². The molecule has 20 heavy (non-hydrogen) atoms. The van der Waals surface area contributed by atoms with E-state index in [-0.39, 0.29) is 30.4 Å². The summed E-state index contributed by atoms with van der Waals surface area (Å²) in [6, 6.07) is -0.461. The quantitative estimate of drug-likeness (QED) is 0.658. The highest BCUT2D eigenvalue weighted by Gasteiger charge is 2.31. The Morgan fingerprint density at radius 3 is 2.55 bits per heavy atom. The number of hydrogen-bond donors (Lipinski definition) is 3. The number of nitrogens with zero attached hydrogens (tertiary/aromatic N) is 1. The lowest BCUT2D eigenvalue weighted by molar-refractivity contribution is -0.141. The van der Waals surface area contributed by atoms with Gasteiger partial charge in [-0.2, -0.15) is 0 Å². The van der Waals surface area contributed by atoms with Crippen LogP contribution in [-0.2, 0) is 9.59 Å². The van der Waals surface area contributed by atoms with E-state index in [4.69, 9.17) is 5.11 Å². The second-order valence-electron chi connectivity index (χ2n) is 5.20. The number of carboxylic acid groups (broad SMARTS) is 1. The Bertz CT molecular complexity index is 373. The molecule has 1 fully saturated rings. The van der Waals surface area contributed by atoms with Crippen LogP contribution >= 0.6 is 0 Å². The lowest BCUT2D eigenvalue weighted by atomic mass is 10.1. The van der Waals surface area contributed by atoms with Gasteiger partial charge in [0, 0.05) is 19.6 Å². The molecule has 1 rings (SSSR count). The fraction of sp³-hybridized carbons (Fsp3) is 0.769. The molecule has 1 aliphatic rings. The fourth-order valence-electron chi connectivity index (χ4n) is 2.23. The molecule has 1 aliphatic carbocycles. The van der Waals surface area contributed by atoms with Gasteiger partial charge in [0.05, 0.1) is 5.92 Å². The predicted octanol–water partition coefficient (Wildman–Crippen LogP) is 0.407. The fourth-order valence-corrected chi connectivity index (χ4v) is 2.23. The molecule has 0 aromatic carbocycles. The second kappa shape index (κ2) is 7.72. The zero-order valence-electron chi connectivity index (χ0n) is 12.0. The molecule has 0 radical (unpaired) electrons. The molecule has 3 amide bonds. The summed E-state index contributed by atoms with van der Waals surface area (Å²) in [5.74, 6) is -1.38. The molecular formula is C13H23N3O4. The molecule has 2 atom stereocenters. The monoisotopic (exact) mass is 285 g/mol. The van der Waals surface area contributed by atoms with Crippen LogP contribution in [0.25, 0.3) is 0 Å². The van der Waals surface area contributed by atoms with Crippen LogP contribution in [0.3, 0.4) is 0 Å². The van der Waals surface area contributed by atoms with Crippen molar-refractivity contribution >= 4 is 17.9 Å². The highest BCUT2D eigenvalue weighted by molar-refractivity contribution is 5.84. The van der Waals surface area contributed by atoms with Crippen molar-refractivity contribution in [2.75, 3.05) is 20.1 Å². The molecule has 114 valence electrons. The van der Waals surface area contributed by atoms with E-state index in [9.17, 15) is 14.4 Å². The Hall–Kier alpha value is -1.79. The zero-order chi connectivity index (χ0) is 15.1. The van der Waals surface area contributed by atoms with E-state index >= 15 is 0 Å². The van der Waals surface area contributed by atoms with Gasteiger partial charge in [0.25, 0.3) is 0 Å². The molecule has 7 heteroatoms. The van der Waals surface area contributed by atoms with Crippen molar-refractivity contribution in [1.29, 1.82) is 0 Å². The zero-order valence-corrected chi connectivity index (χ0v) is 12.0. The normalized spacial score (nSPS) is 21.3. The molecule has 0 bridgehead atoms. The summed E-state index contributed by atoms with van der Waals surface area (Å²) >= 11 is 0. The highest BCUT2D eigenvalue weighted by Crippen LogP contribution is 2.25. The molecular weight excluding hydrogens is 262 g/mol. The van der Waals surface area contributed by atoms with Crippen LogP contribution in [0.15, 0.2) is 0 Å². The van der Waals surface area contributed by atoms with Gasteiger partial charge in [0.1, 0.15) is 6.54 Å². The van der Waals surface area contributed by atoms with Gasteiger partial charge in [-0.15, -0.1) is 0 Å². The molecule has 7 nitrogen and oxygen atoms in total. The average Bonchev–Trinajstić information content (AvgIpc) is 2.84. The van der Waals surface area contributed by atoms with Crippen molar-refractivity contribution < 1.29 is 19.5 Å². The molecule has 0 spiro atoms. The third-order valence-electron chi connectivity index (χ3n) is 3.41. The summed E-state index contributed by atoms with van der Waals surface area (Å²) in [6.45, 7) is 2.55. The maximum absolute atomic E-state index is 11.9. The second-order valence-corrected chi connectivity index (χ2v) is 5.20. The van der Waals surface area contributed by atoms with Gasteiger partial charge in [-0.1, -0.05) is 6.92 Å². The summed E-state index contributed by atoms with van der Waals surface area (Å²) in [5, 5.41) is 14.4. The van der Waals surface area contributed by atoms with Crippen molar-refractivity contribution in [3.63, 3.8) is 0 Å². The minimum Gasteiger partial charge on any atom is -0.481 e. The molecule has 0 unspecified atom stereocenters. The standard InChI is InChI=1S/C13H23N3O4/c1-3-6-14-11(17)8-16(2)13(20)15-10-5-4-9(7-10)12(18)19/h9-10H,3-8H2,1-2H3,(H,14,17)(H,15,20)(H,18,19)/t9-,10+/m1/s1. The minimum absolute atomic E-state index is 0.000905. The molecule has 3 N–H and O–H groups in total. The number of likely N-dealkylation sites (N-methyl/N-ethyl adjacent to an activating group) is 1. The number of aliphatic carboxylic acids is 1. The van der Waals surface area contributed by atoms with Gasteiger partial charge >= 0.3 is 12.0 Å². The van der Waals surface area contributed by atoms with Crippen molar-refractivity contribution in [3.05, 3.63) is 0 Å².